The summed E-state index contributed by atoms with van der Waals surface area (Å²) in [5, 5.41) is 18.6. The molecule has 0 saturated heterocycles. The zero-order valence-corrected chi connectivity index (χ0v) is 12.1. The summed E-state index contributed by atoms with van der Waals surface area (Å²) >= 11 is 0. The monoisotopic (exact) mass is 279 g/mol. The third-order valence-electron chi connectivity index (χ3n) is 3.55. The third-order valence-corrected chi connectivity index (χ3v) is 3.55. The molecule has 1 N–H and O–H groups in total. The van der Waals surface area contributed by atoms with Gasteiger partial charge in [0.1, 0.15) is 11.0 Å². The van der Waals surface area contributed by atoms with Crippen molar-refractivity contribution in [3.63, 3.8) is 0 Å². The molecule has 0 amide bonds. The van der Waals surface area contributed by atoms with Gasteiger partial charge in [-0.15, -0.1) is 10.2 Å². The van der Waals surface area contributed by atoms with Crippen LogP contribution in [0.25, 0.3) is 16.7 Å². The fourth-order valence-corrected chi connectivity index (χ4v) is 2.28. The van der Waals surface area contributed by atoms with E-state index >= 15 is 0 Å². The number of aromatic nitrogens is 3. The van der Waals surface area contributed by atoms with Crippen LogP contribution in [0.5, 0.6) is 0 Å². The van der Waals surface area contributed by atoms with Crippen molar-refractivity contribution in [3.05, 3.63) is 65.4 Å². The lowest BCUT2D eigenvalue weighted by molar-refractivity contribution is 0.397. The average molecular weight is 279 g/mol. The number of aliphatic hydroxyl groups excluding tert-OH is 1. The Morgan fingerprint density at radius 2 is 1.81 bits per heavy atom. The van der Waals surface area contributed by atoms with Gasteiger partial charge in [-0.2, -0.15) is 4.80 Å². The Kier molecular flexibility index (Phi) is 3.44. The maximum atomic E-state index is 9.65. The summed E-state index contributed by atoms with van der Waals surface area (Å²) < 4.78 is 0. The predicted molar refractivity (Wildman–Crippen MR) is 83.7 cm³/mol. The molecule has 1 aromatic heterocycles. The van der Waals surface area contributed by atoms with E-state index in [1.807, 2.05) is 56.3 Å². The summed E-state index contributed by atoms with van der Waals surface area (Å²) in [4.78, 5) is 1.65. The Morgan fingerprint density at radius 3 is 2.38 bits per heavy atom. The maximum absolute atomic E-state index is 9.65. The molecule has 2 aromatic carbocycles. The summed E-state index contributed by atoms with van der Waals surface area (Å²) in [5.41, 5.74) is 4.90. The summed E-state index contributed by atoms with van der Waals surface area (Å²) in [5.74, 6) is 0.383. The third kappa shape index (κ3) is 2.65. The first kappa shape index (κ1) is 13.4. The molecule has 0 aliphatic heterocycles. The fraction of sp³-hybridized carbons (Fsp3) is 0.176. The Labute approximate surface area is 123 Å². The van der Waals surface area contributed by atoms with Gasteiger partial charge in [0.15, 0.2) is 0 Å². The van der Waals surface area contributed by atoms with Gasteiger partial charge in [-0.25, -0.2) is 0 Å². The topological polar surface area (TPSA) is 50.9 Å². The lowest BCUT2D eigenvalue weighted by Crippen LogP contribution is -2.01. The number of aryl methyl sites for hydroxylation is 1. The van der Waals surface area contributed by atoms with Crippen LogP contribution in [0.4, 0.5) is 0 Å². The van der Waals surface area contributed by atoms with Gasteiger partial charge in [0.2, 0.25) is 0 Å². The number of benzene rings is 2. The van der Waals surface area contributed by atoms with E-state index in [0.717, 1.165) is 27.8 Å². The van der Waals surface area contributed by atoms with Gasteiger partial charge in [0, 0.05) is 6.42 Å². The molecule has 0 aliphatic carbocycles. The molecule has 0 fully saturated rings. The molecule has 0 bridgehead atoms. The van der Waals surface area contributed by atoms with Crippen molar-refractivity contribution in [2.24, 2.45) is 0 Å². The van der Waals surface area contributed by atoms with Crippen LogP contribution < -0.4 is 0 Å². The fourth-order valence-electron chi connectivity index (χ4n) is 2.28. The molecule has 1 heterocycles. The molecule has 0 unspecified atom stereocenters. The molecule has 3 aromatic rings. The molecule has 0 radical (unpaired) electrons. The number of hydrogen-bond donors (Lipinski definition) is 1. The Hall–Kier alpha value is -2.62. The molecule has 21 heavy (non-hydrogen) atoms. The van der Waals surface area contributed by atoms with Crippen molar-refractivity contribution >= 4 is 11.0 Å². The minimum Gasteiger partial charge on any atom is -0.512 e. The van der Waals surface area contributed by atoms with Crippen LogP contribution in [0.1, 0.15) is 18.1 Å². The zero-order chi connectivity index (χ0) is 14.8. The highest BCUT2D eigenvalue weighted by Gasteiger charge is 2.07. The number of rotatable bonds is 3. The quantitative estimate of drug-likeness (QED) is 0.743. The van der Waals surface area contributed by atoms with Crippen molar-refractivity contribution < 1.29 is 5.11 Å². The van der Waals surface area contributed by atoms with Gasteiger partial charge in [-0.1, -0.05) is 18.2 Å². The zero-order valence-electron chi connectivity index (χ0n) is 12.1. The van der Waals surface area contributed by atoms with Crippen molar-refractivity contribution in [2.75, 3.05) is 0 Å². The molecule has 3 rings (SSSR count). The largest absolute Gasteiger partial charge is 0.512 e. The highest BCUT2D eigenvalue weighted by atomic mass is 16.3. The number of nitrogens with zero attached hydrogens (tertiary/aromatic N) is 3. The van der Waals surface area contributed by atoms with E-state index in [-0.39, 0.29) is 0 Å². The SMILES string of the molecule is CC=C(O)Cc1ccc(-n2nc3ccccc3n2)cc1C. The van der Waals surface area contributed by atoms with Gasteiger partial charge in [0.05, 0.1) is 11.4 Å². The van der Waals surface area contributed by atoms with E-state index in [1.165, 1.54) is 0 Å². The van der Waals surface area contributed by atoms with Crippen LogP contribution >= 0.6 is 0 Å². The van der Waals surface area contributed by atoms with Gasteiger partial charge in [0.25, 0.3) is 0 Å². The van der Waals surface area contributed by atoms with Gasteiger partial charge >= 0.3 is 0 Å². The molecule has 106 valence electrons. The van der Waals surface area contributed by atoms with Crippen LogP contribution in [0, 0.1) is 6.92 Å². The van der Waals surface area contributed by atoms with Crippen LogP contribution in [-0.4, -0.2) is 20.1 Å². The summed E-state index contributed by atoms with van der Waals surface area (Å²) in [6.07, 6.45) is 2.27. The number of fused-ring (bicyclic) bond motifs is 1. The van der Waals surface area contributed by atoms with E-state index in [1.54, 1.807) is 10.9 Å². The van der Waals surface area contributed by atoms with Gasteiger partial charge in [-0.3, -0.25) is 0 Å². The second kappa shape index (κ2) is 5.40. The number of hydrogen-bond acceptors (Lipinski definition) is 3. The van der Waals surface area contributed by atoms with Crippen molar-refractivity contribution in [1.29, 1.82) is 0 Å². The van der Waals surface area contributed by atoms with E-state index in [4.69, 9.17) is 0 Å². The lowest BCUT2D eigenvalue weighted by atomic mass is 10.0. The Balaban J connectivity index is 1.97. The Bertz CT molecular complexity index is 785. The first-order chi connectivity index (χ1) is 10.2. The lowest BCUT2D eigenvalue weighted by Gasteiger charge is -2.07. The molecule has 4 heteroatoms. The first-order valence-corrected chi connectivity index (χ1v) is 6.93. The first-order valence-electron chi connectivity index (χ1n) is 6.93. The Morgan fingerprint density at radius 1 is 1.14 bits per heavy atom. The molecule has 0 aliphatic rings. The van der Waals surface area contributed by atoms with Gasteiger partial charge in [-0.05, 0) is 55.3 Å². The van der Waals surface area contributed by atoms with Crippen molar-refractivity contribution in [1.82, 2.24) is 15.0 Å². The maximum Gasteiger partial charge on any atom is 0.113 e. The predicted octanol–water partition coefficient (Wildman–Crippen LogP) is 3.73. The van der Waals surface area contributed by atoms with Crippen LogP contribution in [0.15, 0.2) is 54.3 Å². The van der Waals surface area contributed by atoms with Gasteiger partial charge < -0.3 is 5.11 Å². The van der Waals surface area contributed by atoms with Crippen molar-refractivity contribution in [3.8, 4) is 5.69 Å². The van der Waals surface area contributed by atoms with E-state index in [9.17, 15) is 5.11 Å². The molecule has 0 spiro atoms. The van der Waals surface area contributed by atoms with E-state index < -0.39 is 0 Å². The highest BCUT2D eigenvalue weighted by Crippen LogP contribution is 2.18. The summed E-state index contributed by atoms with van der Waals surface area (Å²) in [6, 6.07) is 13.8. The minimum atomic E-state index is 0.383. The van der Waals surface area contributed by atoms with E-state index in [2.05, 4.69) is 10.2 Å². The van der Waals surface area contributed by atoms with E-state index in [0.29, 0.717) is 12.2 Å². The number of allylic oxidation sites excluding steroid dienone is 2. The molecular formula is C17H17N3O. The molecular weight excluding hydrogens is 262 g/mol. The average Bonchev–Trinajstić information content (AvgIpc) is 2.93. The molecule has 0 atom stereocenters. The summed E-state index contributed by atoms with van der Waals surface area (Å²) in [6.45, 7) is 3.86. The van der Waals surface area contributed by atoms with Crippen LogP contribution in [0.2, 0.25) is 0 Å². The summed E-state index contributed by atoms with van der Waals surface area (Å²) in [7, 11) is 0. The second-order valence-electron chi connectivity index (χ2n) is 5.05. The second-order valence-corrected chi connectivity index (χ2v) is 5.05. The van der Waals surface area contributed by atoms with Crippen molar-refractivity contribution in [2.45, 2.75) is 20.3 Å². The minimum absolute atomic E-state index is 0.383. The van der Waals surface area contributed by atoms with Crippen LogP contribution in [0.3, 0.4) is 0 Å². The standard InChI is InChI=1S/C17H17N3O/c1-3-15(21)11-13-8-9-14(10-12(13)2)20-18-16-6-4-5-7-17(16)19-20/h3-10,21H,11H2,1-2H3. The molecule has 0 saturated carbocycles. The smallest absolute Gasteiger partial charge is 0.113 e. The van der Waals surface area contributed by atoms with Crippen LogP contribution in [-0.2, 0) is 6.42 Å². The molecule has 4 nitrogen and oxygen atoms in total. The normalized spacial score (nSPS) is 12.0. The highest BCUT2D eigenvalue weighted by molar-refractivity contribution is 5.73. The number of aliphatic hydroxyl groups is 1.